The third-order valence-electron chi connectivity index (χ3n) is 4.12. The number of benzene rings is 4. The number of fused-ring (bicyclic) bond motifs is 4. The molecule has 0 aliphatic rings. The van der Waals surface area contributed by atoms with E-state index in [-0.39, 0.29) is 6.42 Å². The molecule has 0 unspecified atom stereocenters. The second-order valence-corrected chi connectivity index (χ2v) is 5.61. The van der Waals surface area contributed by atoms with Gasteiger partial charge in [0, 0.05) is 0 Å². The largest absolute Gasteiger partial charge is 0.481 e. The zero-order valence-corrected chi connectivity index (χ0v) is 11.9. The van der Waals surface area contributed by atoms with Crippen molar-refractivity contribution in [3.05, 3.63) is 72.3 Å². The summed E-state index contributed by atoms with van der Waals surface area (Å²) in [6.07, 6.45) is 0.0590. The molecule has 0 amide bonds. The average molecular weight is 286 g/mol. The lowest BCUT2D eigenvalue weighted by Gasteiger charge is -2.07. The number of carboxylic acid groups (broad SMARTS) is 1. The van der Waals surface area contributed by atoms with Crippen molar-refractivity contribution in [2.75, 3.05) is 0 Å². The molecule has 4 aromatic rings. The minimum Gasteiger partial charge on any atom is -0.481 e. The molecule has 22 heavy (non-hydrogen) atoms. The molecule has 4 rings (SSSR count). The fourth-order valence-electron chi connectivity index (χ4n) is 3.09. The molecule has 0 heterocycles. The Morgan fingerprint density at radius 1 is 0.727 bits per heavy atom. The predicted octanol–water partition coefficient (Wildman–Crippen LogP) is 4.77. The topological polar surface area (TPSA) is 37.3 Å². The Morgan fingerprint density at radius 3 is 2.36 bits per heavy atom. The lowest BCUT2D eigenvalue weighted by atomic mass is 9.97. The molecule has 0 radical (unpaired) electrons. The van der Waals surface area contributed by atoms with Crippen molar-refractivity contribution < 1.29 is 9.90 Å². The lowest BCUT2D eigenvalue weighted by molar-refractivity contribution is -0.136. The highest BCUT2D eigenvalue weighted by Crippen LogP contribution is 2.29. The summed E-state index contributed by atoms with van der Waals surface area (Å²) >= 11 is 0. The Kier molecular flexibility index (Phi) is 2.83. The van der Waals surface area contributed by atoms with Crippen LogP contribution in [0.3, 0.4) is 0 Å². The number of carbonyl (C=O) groups is 1. The molecule has 106 valence electrons. The Bertz CT molecular complexity index is 1030. The Balaban J connectivity index is 2.03. The normalized spacial score (nSPS) is 11.3. The van der Waals surface area contributed by atoms with Crippen LogP contribution in [-0.2, 0) is 11.2 Å². The fraction of sp³-hybridized carbons (Fsp3) is 0.0500. The molecule has 0 atom stereocenters. The van der Waals surface area contributed by atoms with Gasteiger partial charge in [0.25, 0.3) is 0 Å². The first-order valence-corrected chi connectivity index (χ1v) is 7.27. The van der Waals surface area contributed by atoms with Crippen molar-refractivity contribution in [3.63, 3.8) is 0 Å². The minimum atomic E-state index is -0.800. The van der Waals surface area contributed by atoms with E-state index in [4.69, 9.17) is 5.11 Å². The molecular weight excluding hydrogens is 272 g/mol. The summed E-state index contributed by atoms with van der Waals surface area (Å²) in [6.45, 7) is 0. The smallest absolute Gasteiger partial charge is 0.307 e. The van der Waals surface area contributed by atoms with E-state index in [0.717, 1.165) is 16.3 Å². The number of hydrogen-bond acceptors (Lipinski definition) is 1. The maximum atomic E-state index is 10.9. The summed E-state index contributed by atoms with van der Waals surface area (Å²) in [5, 5.41) is 16.0. The van der Waals surface area contributed by atoms with E-state index in [1.807, 2.05) is 30.3 Å². The first-order chi connectivity index (χ1) is 10.7. The molecule has 2 heteroatoms. The van der Waals surface area contributed by atoms with E-state index < -0.39 is 5.97 Å². The predicted molar refractivity (Wildman–Crippen MR) is 90.3 cm³/mol. The van der Waals surface area contributed by atoms with Crippen LogP contribution in [0.5, 0.6) is 0 Å². The lowest BCUT2D eigenvalue weighted by Crippen LogP contribution is -1.99. The van der Waals surface area contributed by atoms with Crippen molar-refractivity contribution in [1.29, 1.82) is 0 Å². The molecule has 4 aromatic carbocycles. The van der Waals surface area contributed by atoms with E-state index in [0.29, 0.717) is 0 Å². The van der Waals surface area contributed by atoms with Crippen molar-refractivity contribution in [2.24, 2.45) is 0 Å². The third-order valence-corrected chi connectivity index (χ3v) is 4.12. The minimum absolute atomic E-state index is 0.0590. The van der Waals surface area contributed by atoms with E-state index >= 15 is 0 Å². The van der Waals surface area contributed by atoms with Crippen molar-refractivity contribution in [2.45, 2.75) is 6.42 Å². The molecule has 2 nitrogen and oxygen atoms in total. The Hall–Kier alpha value is -2.87. The summed E-state index contributed by atoms with van der Waals surface area (Å²) in [4.78, 5) is 10.9. The summed E-state index contributed by atoms with van der Waals surface area (Å²) in [7, 11) is 0. The van der Waals surface area contributed by atoms with Crippen molar-refractivity contribution in [1.82, 2.24) is 0 Å². The van der Waals surface area contributed by atoms with Crippen LogP contribution in [0.25, 0.3) is 32.3 Å². The van der Waals surface area contributed by atoms with Gasteiger partial charge in [0.05, 0.1) is 6.42 Å². The van der Waals surface area contributed by atoms with Gasteiger partial charge >= 0.3 is 5.97 Å². The Labute approximate surface area is 127 Å². The molecular formula is C20H14O2. The van der Waals surface area contributed by atoms with E-state index in [1.165, 1.54) is 21.5 Å². The van der Waals surface area contributed by atoms with Gasteiger partial charge in [-0.15, -0.1) is 0 Å². The molecule has 0 saturated carbocycles. The van der Waals surface area contributed by atoms with Gasteiger partial charge < -0.3 is 5.11 Å². The maximum Gasteiger partial charge on any atom is 0.307 e. The SMILES string of the molecule is O=C(O)Cc1ccc2cc3ccc4ccccc4c3cc2c1. The van der Waals surface area contributed by atoms with Gasteiger partial charge in [-0.3, -0.25) is 4.79 Å². The van der Waals surface area contributed by atoms with Gasteiger partial charge in [-0.05, 0) is 50.0 Å². The highest BCUT2D eigenvalue weighted by molar-refractivity contribution is 6.12. The molecule has 0 aliphatic heterocycles. The van der Waals surface area contributed by atoms with Gasteiger partial charge in [-0.1, -0.05) is 54.6 Å². The van der Waals surface area contributed by atoms with Crippen molar-refractivity contribution in [3.8, 4) is 0 Å². The molecule has 0 bridgehead atoms. The van der Waals surface area contributed by atoms with E-state index in [9.17, 15) is 4.79 Å². The number of aliphatic carboxylic acids is 1. The van der Waals surface area contributed by atoms with Crippen LogP contribution in [0.4, 0.5) is 0 Å². The zero-order chi connectivity index (χ0) is 15.1. The van der Waals surface area contributed by atoms with Crippen molar-refractivity contribution >= 4 is 38.3 Å². The molecule has 0 saturated heterocycles. The van der Waals surface area contributed by atoms with Crippen LogP contribution in [0.15, 0.2) is 66.7 Å². The van der Waals surface area contributed by atoms with Gasteiger partial charge in [0.2, 0.25) is 0 Å². The van der Waals surface area contributed by atoms with E-state index in [1.54, 1.807) is 0 Å². The standard InChI is InChI=1S/C20H14O2/c21-20(22)10-13-5-6-15-11-16-8-7-14-3-1-2-4-18(14)19(16)12-17(15)9-13/h1-9,11-12H,10H2,(H,21,22). The molecule has 0 aromatic heterocycles. The molecule has 0 aliphatic carbocycles. The monoisotopic (exact) mass is 286 g/mol. The highest BCUT2D eigenvalue weighted by Gasteiger charge is 2.05. The first kappa shape index (κ1) is 12.8. The average Bonchev–Trinajstić information content (AvgIpc) is 2.52. The molecule has 0 spiro atoms. The van der Waals surface area contributed by atoms with Crippen LogP contribution in [0, 0.1) is 0 Å². The van der Waals surface area contributed by atoms with Gasteiger partial charge in [-0.25, -0.2) is 0 Å². The Morgan fingerprint density at radius 2 is 1.50 bits per heavy atom. The highest BCUT2D eigenvalue weighted by atomic mass is 16.4. The first-order valence-electron chi connectivity index (χ1n) is 7.27. The van der Waals surface area contributed by atoms with Crippen LogP contribution in [0.1, 0.15) is 5.56 Å². The maximum absolute atomic E-state index is 10.9. The quantitative estimate of drug-likeness (QED) is 0.425. The summed E-state index contributed by atoms with van der Waals surface area (Å²) < 4.78 is 0. The summed E-state index contributed by atoms with van der Waals surface area (Å²) in [6, 6.07) is 22.8. The van der Waals surface area contributed by atoms with Crippen LogP contribution in [-0.4, -0.2) is 11.1 Å². The summed E-state index contributed by atoms with van der Waals surface area (Å²) in [5.74, 6) is -0.800. The van der Waals surface area contributed by atoms with Gasteiger partial charge in [0.15, 0.2) is 0 Å². The molecule has 0 fully saturated rings. The van der Waals surface area contributed by atoms with Crippen LogP contribution in [0.2, 0.25) is 0 Å². The second-order valence-electron chi connectivity index (χ2n) is 5.61. The fourth-order valence-corrected chi connectivity index (χ4v) is 3.09. The van der Waals surface area contributed by atoms with Crippen LogP contribution < -0.4 is 0 Å². The van der Waals surface area contributed by atoms with Gasteiger partial charge in [0.1, 0.15) is 0 Å². The number of carboxylic acids is 1. The number of hydrogen-bond donors (Lipinski definition) is 1. The van der Waals surface area contributed by atoms with Crippen LogP contribution >= 0.6 is 0 Å². The number of rotatable bonds is 2. The third kappa shape index (κ3) is 2.09. The molecule has 1 N–H and O–H groups in total. The summed E-state index contributed by atoms with van der Waals surface area (Å²) in [5.41, 5.74) is 0.833. The van der Waals surface area contributed by atoms with E-state index in [2.05, 4.69) is 36.4 Å². The zero-order valence-electron chi connectivity index (χ0n) is 11.9. The second kappa shape index (κ2) is 4.85. The van der Waals surface area contributed by atoms with Gasteiger partial charge in [-0.2, -0.15) is 0 Å².